The number of rotatable bonds is 4. The molecular formula is C20H21F3N2O3S. The summed E-state index contributed by atoms with van der Waals surface area (Å²) >= 11 is 0. The lowest BCUT2D eigenvalue weighted by molar-refractivity contribution is -0.137. The van der Waals surface area contributed by atoms with E-state index in [0.717, 1.165) is 31.0 Å². The van der Waals surface area contributed by atoms with Crippen molar-refractivity contribution in [1.29, 1.82) is 0 Å². The normalized spacial score (nSPS) is 15.9. The summed E-state index contributed by atoms with van der Waals surface area (Å²) in [6, 6.07) is 9.57. The van der Waals surface area contributed by atoms with E-state index >= 15 is 0 Å². The SMILES string of the molecule is CC1CCN(C(=O)c2ccccc2NS(=O)(=O)c2cccc(C(F)(F)F)c2)CC1. The number of para-hydroxylation sites is 1. The van der Waals surface area contributed by atoms with Gasteiger partial charge in [-0.05, 0) is 49.1 Å². The number of nitrogens with zero attached hydrogens (tertiary/aromatic N) is 1. The first-order valence-electron chi connectivity index (χ1n) is 9.16. The first-order valence-corrected chi connectivity index (χ1v) is 10.6. The van der Waals surface area contributed by atoms with Crippen LogP contribution in [0.25, 0.3) is 0 Å². The molecule has 0 bridgehead atoms. The van der Waals surface area contributed by atoms with Gasteiger partial charge in [0.25, 0.3) is 15.9 Å². The molecule has 1 heterocycles. The minimum Gasteiger partial charge on any atom is -0.339 e. The van der Waals surface area contributed by atoms with Gasteiger partial charge in [-0.2, -0.15) is 13.2 Å². The topological polar surface area (TPSA) is 66.5 Å². The number of hydrogen-bond donors (Lipinski definition) is 1. The van der Waals surface area contributed by atoms with E-state index in [9.17, 15) is 26.4 Å². The van der Waals surface area contributed by atoms with E-state index in [4.69, 9.17) is 0 Å². The van der Waals surface area contributed by atoms with Gasteiger partial charge in [-0.25, -0.2) is 8.42 Å². The van der Waals surface area contributed by atoms with Gasteiger partial charge in [0.15, 0.2) is 0 Å². The predicted molar refractivity (Wildman–Crippen MR) is 103 cm³/mol. The average Bonchev–Trinajstić information content (AvgIpc) is 2.68. The summed E-state index contributed by atoms with van der Waals surface area (Å²) in [5.41, 5.74) is -0.863. The third-order valence-corrected chi connectivity index (χ3v) is 6.31. The summed E-state index contributed by atoms with van der Waals surface area (Å²) in [6.45, 7) is 3.27. The van der Waals surface area contributed by atoms with Crippen LogP contribution in [0.1, 0.15) is 35.7 Å². The van der Waals surface area contributed by atoms with Crippen LogP contribution in [0, 0.1) is 5.92 Å². The molecule has 1 N–H and O–H groups in total. The zero-order chi connectivity index (χ0) is 21.2. The maximum absolute atomic E-state index is 12.9. The Kier molecular flexibility index (Phi) is 5.88. The molecule has 1 fully saturated rings. The molecule has 5 nitrogen and oxygen atoms in total. The zero-order valence-corrected chi connectivity index (χ0v) is 16.6. The Morgan fingerprint density at radius 1 is 1.07 bits per heavy atom. The lowest BCUT2D eigenvalue weighted by atomic mass is 9.98. The van der Waals surface area contributed by atoms with Crippen molar-refractivity contribution in [3.05, 3.63) is 59.7 Å². The summed E-state index contributed by atoms with van der Waals surface area (Å²) in [6.07, 6.45) is -2.93. The number of amides is 1. The van der Waals surface area contributed by atoms with E-state index in [-0.39, 0.29) is 17.2 Å². The third-order valence-electron chi connectivity index (χ3n) is 4.94. The molecule has 0 radical (unpaired) electrons. The highest BCUT2D eigenvalue weighted by Crippen LogP contribution is 2.31. The van der Waals surface area contributed by atoms with E-state index < -0.39 is 26.7 Å². The molecule has 29 heavy (non-hydrogen) atoms. The Hall–Kier alpha value is -2.55. The summed E-state index contributed by atoms with van der Waals surface area (Å²) in [7, 11) is -4.31. The zero-order valence-electron chi connectivity index (χ0n) is 15.7. The van der Waals surface area contributed by atoms with E-state index in [1.54, 1.807) is 17.0 Å². The number of alkyl halides is 3. The highest BCUT2D eigenvalue weighted by atomic mass is 32.2. The molecule has 0 saturated carbocycles. The Morgan fingerprint density at radius 2 is 1.72 bits per heavy atom. The maximum Gasteiger partial charge on any atom is 0.416 e. The van der Waals surface area contributed by atoms with Crippen LogP contribution in [-0.2, 0) is 16.2 Å². The van der Waals surface area contributed by atoms with E-state index in [1.807, 2.05) is 0 Å². The highest BCUT2D eigenvalue weighted by molar-refractivity contribution is 7.92. The third kappa shape index (κ3) is 4.90. The second kappa shape index (κ2) is 8.06. The van der Waals surface area contributed by atoms with Crippen molar-refractivity contribution in [2.75, 3.05) is 17.8 Å². The molecule has 1 saturated heterocycles. The number of likely N-dealkylation sites (tertiary alicyclic amines) is 1. The molecule has 0 spiro atoms. The molecule has 156 valence electrons. The number of nitrogens with one attached hydrogen (secondary N) is 1. The van der Waals surface area contributed by atoms with Crippen molar-refractivity contribution in [3.63, 3.8) is 0 Å². The quantitative estimate of drug-likeness (QED) is 0.789. The molecule has 0 aliphatic carbocycles. The van der Waals surface area contributed by atoms with E-state index in [0.29, 0.717) is 25.1 Å². The van der Waals surface area contributed by atoms with Gasteiger partial charge in [0, 0.05) is 13.1 Å². The van der Waals surface area contributed by atoms with Crippen LogP contribution in [0.4, 0.5) is 18.9 Å². The van der Waals surface area contributed by atoms with Crippen molar-refractivity contribution < 1.29 is 26.4 Å². The van der Waals surface area contributed by atoms with Gasteiger partial charge < -0.3 is 4.90 Å². The molecule has 2 aromatic rings. The second-order valence-electron chi connectivity index (χ2n) is 7.15. The van der Waals surface area contributed by atoms with Crippen LogP contribution in [0.5, 0.6) is 0 Å². The first kappa shape index (κ1) is 21.2. The number of piperidine rings is 1. The Balaban J connectivity index is 1.88. The largest absolute Gasteiger partial charge is 0.416 e. The molecule has 1 amide bonds. The van der Waals surface area contributed by atoms with Crippen LogP contribution < -0.4 is 4.72 Å². The average molecular weight is 426 g/mol. The molecular weight excluding hydrogens is 405 g/mol. The lowest BCUT2D eigenvalue weighted by Crippen LogP contribution is -2.38. The van der Waals surface area contributed by atoms with Crippen LogP contribution in [0.3, 0.4) is 0 Å². The molecule has 0 aromatic heterocycles. The Bertz CT molecular complexity index is 998. The molecule has 0 atom stereocenters. The van der Waals surface area contributed by atoms with Crippen LogP contribution >= 0.6 is 0 Å². The van der Waals surface area contributed by atoms with Crippen molar-refractivity contribution >= 4 is 21.6 Å². The fourth-order valence-electron chi connectivity index (χ4n) is 3.18. The van der Waals surface area contributed by atoms with Gasteiger partial charge in [0.1, 0.15) is 0 Å². The maximum atomic E-state index is 12.9. The number of sulfonamides is 1. The fourth-order valence-corrected chi connectivity index (χ4v) is 4.31. The van der Waals surface area contributed by atoms with Crippen molar-refractivity contribution in [1.82, 2.24) is 4.90 Å². The van der Waals surface area contributed by atoms with E-state index in [2.05, 4.69) is 11.6 Å². The lowest BCUT2D eigenvalue weighted by Gasteiger charge is -2.30. The first-order chi connectivity index (χ1) is 13.6. The van der Waals surface area contributed by atoms with Crippen LogP contribution in [0.15, 0.2) is 53.4 Å². The number of halogens is 3. The standard InChI is InChI=1S/C20H21F3N2O3S/c1-14-9-11-25(12-10-14)19(26)17-7-2-3-8-18(17)24-29(27,28)16-6-4-5-15(13-16)20(21,22)23/h2-8,13-14,24H,9-12H2,1H3. The summed E-state index contributed by atoms with van der Waals surface area (Å²) in [5.74, 6) is 0.216. The number of hydrogen-bond acceptors (Lipinski definition) is 3. The molecule has 0 unspecified atom stereocenters. The number of anilines is 1. The number of benzene rings is 2. The fraction of sp³-hybridized carbons (Fsp3) is 0.350. The highest BCUT2D eigenvalue weighted by Gasteiger charge is 2.32. The molecule has 9 heteroatoms. The molecule has 3 rings (SSSR count). The Morgan fingerprint density at radius 3 is 2.38 bits per heavy atom. The van der Waals surface area contributed by atoms with Crippen molar-refractivity contribution in [2.24, 2.45) is 5.92 Å². The summed E-state index contributed by atoms with van der Waals surface area (Å²) < 4.78 is 66.4. The monoisotopic (exact) mass is 426 g/mol. The minimum absolute atomic E-state index is 0.0357. The van der Waals surface area contributed by atoms with Gasteiger partial charge in [-0.15, -0.1) is 0 Å². The van der Waals surface area contributed by atoms with Crippen LogP contribution in [-0.4, -0.2) is 32.3 Å². The van der Waals surface area contributed by atoms with Gasteiger partial charge in [0.05, 0.1) is 21.7 Å². The van der Waals surface area contributed by atoms with Crippen molar-refractivity contribution in [3.8, 4) is 0 Å². The minimum atomic E-state index is -4.66. The Labute approximate surface area is 167 Å². The summed E-state index contributed by atoms with van der Waals surface area (Å²) in [5, 5.41) is 0. The second-order valence-corrected chi connectivity index (χ2v) is 8.83. The predicted octanol–water partition coefficient (Wildman–Crippen LogP) is 4.38. The van der Waals surface area contributed by atoms with Crippen LogP contribution in [0.2, 0.25) is 0 Å². The van der Waals surface area contributed by atoms with Gasteiger partial charge in [0.2, 0.25) is 0 Å². The molecule has 2 aromatic carbocycles. The number of carbonyl (C=O) groups excluding carboxylic acids is 1. The van der Waals surface area contributed by atoms with Gasteiger partial charge in [-0.3, -0.25) is 9.52 Å². The van der Waals surface area contributed by atoms with Gasteiger partial charge in [-0.1, -0.05) is 25.1 Å². The molecule has 1 aliphatic heterocycles. The number of carbonyl (C=O) groups is 1. The smallest absolute Gasteiger partial charge is 0.339 e. The molecule has 1 aliphatic rings. The van der Waals surface area contributed by atoms with E-state index in [1.165, 1.54) is 12.1 Å². The van der Waals surface area contributed by atoms with Crippen molar-refractivity contribution in [2.45, 2.75) is 30.8 Å². The summed E-state index contributed by atoms with van der Waals surface area (Å²) in [4.78, 5) is 14.0. The van der Waals surface area contributed by atoms with Gasteiger partial charge >= 0.3 is 6.18 Å².